The highest BCUT2D eigenvalue weighted by Gasteiger charge is 2.37. The number of rotatable bonds is 19. The van der Waals surface area contributed by atoms with Gasteiger partial charge < -0.3 is 64.7 Å². The highest BCUT2D eigenvalue weighted by molar-refractivity contribution is 5.98. The van der Waals surface area contributed by atoms with Crippen molar-refractivity contribution in [3.8, 4) is 67.5 Å². The molecule has 31 heteroatoms. The van der Waals surface area contributed by atoms with E-state index in [9.17, 15) is 35.7 Å². The number of aliphatic hydroxyl groups is 7. The second kappa shape index (κ2) is 25.7. The standard InChI is InChI=1S/C57H42F16N4O11/c1-18(81)14-85-54-46(66)38(58)34(39(59)47(54)67)30-22-3-2-4-23(74-22)31(35-40(60)48(68)55(49(69)41(35)61)86-15-19(82)11-78)25-6-8-27(76-25)33(37-44(64)52(72)57(53(73)45(37)65)88-17-21(84)13-80)29-10-9-28(77-29)32(26-7-5-24(30)75-26)36-42(62)50(70)56(51(71)43(36)63)87-16-20(83)12-79/h5-10,18-21,75-76,78-84H,2-4,11-17H2,1H3. The maximum atomic E-state index is 16.9. The van der Waals surface area contributed by atoms with Crippen LogP contribution in [0.3, 0.4) is 0 Å². The van der Waals surface area contributed by atoms with E-state index in [0.29, 0.717) is 12.2 Å². The van der Waals surface area contributed by atoms with Crippen molar-refractivity contribution in [2.24, 2.45) is 0 Å². The van der Waals surface area contributed by atoms with Crippen molar-refractivity contribution < 1.29 is 125 Å². The Hall–Kier alpha value is -8.46. The average Bonchev–Trinajstić information content (AvgIpc) is 1.46. The monoisotopic (exact) mass is 1260 g/mol. The number of aliphatic hydroxyl groups excluding tert-OH is 7. The lowest BCUT2D eigenvalue weighted by Gasteiger charge is -2.19. The van der Waals surface area contributed by atoms with Crippen LogP contribution in [0.1, 0.15) is 36.1 Å². The van der Waals surface area contributed by atoms with E-state index in [2.05, 4.69) is 19.9 Å². The molecule has 3 aromatic heterocycles. The molecule has 0 amide bonds. The van der Waals surface area contributed by atoms with Gasteiger partial charge in [0.1, 0.15) is 44.7 Å². The van der Waals surface area contributed by atoms with Gasteiger partial charge in [-0.1, -0.05) is 0 Å². The third-order valence-electron chi connectivity index (χ3n) is 13.5. The minimum atomic E-state index is -2.37. The van der Waals surface area contributed by atoms with Crippen molar-refractivity contribution in [2.45, 2.75) is 50.6 Å². The zero-order valence-electron chi connectivity index (χ0n) is 44.5. The van der Waals surface area contributed by atoms with Crippen LogP contribution in [0, 0.1) is 93.1 Å². The molecule has 7 aromatic rings. The molecule has 0 saturated carbocycles. The van der Waals surface area contributed by atoms with Gasteiger partial charge in [0.15, 0.2) is 69.5 Å². The number of hydrogen-bond acceptors (Lipinski definition) is 13. The van der Waals surface area contributed by atoms with Gasteiger partial charge in [-0.25, -0.2) is 40.1 Å². The van der Waals surface area contributed by atoms with Crippen LogP contribution >= 0.6 is 0 Å². The maximum absolute atomic E-state index is 16.9. The van der Waals surface area contributed by atoms with Crippen molar-refractivity contribution in [3.63, 3.8) is 0 Å². The molecule has 4 aromatic carbocycles. The van der Waals surface area contributed by atoms with E-state index in [-0.39, 0.29) is 0 Å². The minimum Gasteiger partial charge on any atom is -0.485 e. The van der Waals surface area contributed by atoms with Crippen molar-refractivity contribution in [1.82, 2.24) is 19.9 Å². The maximum Gasteiger partial charge on any atom is 0.204 e. The number of aromatic nitrogens is 4. The lowest BCUT2D eigenvalue weighted by Crippen LogP contribution is -2.22. The first-order valence-corrected chi connectivity index (χ1v) is 25.7. The summed E-state index contributed by atoms with van der Waals surface area (Å²) >= 11 is 0. The van der Waals surface area contributed by atoms with Crippen LogP contribution in [0.25, 0.3) is 78.7 Å². The molecule has 0 saturated heterocycles. The Morgan fingerprint density at radius 3 is 0.875 bits per heavy atom. The zero-order chi connectivity index (χ0) is 64.1. The van der Waals surface area contributed by atoms with E-state index in [1.807, 2.05) is 0 Å². The van der Waals surface area contributed by atoms with E-state index in [4.69, 9.17) is 18.9 Å². The van der Waals surface area contributed by atoms with E-state index in [0.717, 1.165) is 31.2 Å². The number of aromatic amines is 2. The van der Waals surface area contributed by atoms with Gasteiger partial charge in [0.05, 0.1) is 71.0 Å². The number of H-pyrrole nitrogens is 2. The summed E-state index contributed by atoms with van der Waals surface area (Å²) in [6.45, 7) is -6.72. The Bertz CT molecular complexity index is 4030. The first-order valence-electron chi connectivity index (χ1n) is 25.7. The predicted octanol–water partition coefficient (Wildman–Crippen LogP) is 9.51. The summed E-state index contributed by atoms with van der Waals surface area (Å²) < 4.78 is 283. The molecule has 15 nitrogen and oxygen atoms in total. The Balaban J connectivity index is 1.53. The second-order valence-electron chi connectivity index (χ2n) is 19.6. The molecule has 0 aliphatic carbocycles. The van der Waals surface area contributed by atoms with Gasteiger partial charge in [0, 0.05) is 44.3 Å². The van der Waals surface area contributed by atoms with Gasteiger partial charge in [0.25, 0.3) is 0 Å². The molecule has 0 fully saturated rings. The molecule has 2 aliphatic rings. The number of fused-ring (bicyclic) bond motifs is 8. The lowest BCUT2D eigenvalue weighted by atomic mass is 9.93. The van der Waals surface area contributed by atoms with Gasteiger partial charge >= 0.3 is 0 Å². The largest absolute Gasteiger partial charge is 0.485 e. The van der Waals surface area contributed by atoms with Gasteiger partial charge in [0.2, 0.25) is 46.5 Å². The van der Waals surface area contributed by atoms with Crippen molar-refractivity contribution in [1.29, 1.82) is 0 Å². The summed E-state index contributed by atoms with van der Waals surface area (Å²) in [7, 11) is 0. The summed E-state index contributed by atoms with van der Waals surface area (Å²) in [5, 5.41) is 66.9. The highest BCUT2D eigenvalue weighted by Crippen LogP contribution is 2.47. The van der Waals surface area contributed by atoms with E-state index >= 15 is 70.2 Å². The topological polar surface area (TPSA) is 236 Å². The summed E-state index contributed by atoms with van der Waals surface area (Å²) in [6, 6.07) is 2.96. The minimum absolute atomic E-state index is 0.439. The van der Waals surface area contributed by atoms with Crippen LogP contribution in [0.15, 0.2) is 24.3 Å². The van der Waals surface area contributed by atoms with Crippen LogP contribution in [0.4, 0.5) is 70.2 Å². The average molecular weight is 1260 g/mol. The fourth-order valence-corrected chi connectivity index (χ4v) is 9.48. The molecule has 0 spiro atoms. The molecule has 2 aliphatic heterocycles. The van der Waals surface area contributed by atoms with Crippen molar-refractivity contribution in [3.05, 3.63) is 140 Å². The molecule has 5 heterocycles. The summed E-state index contributed by atoms with van der Waals surface area (Å²) in [4.78, 5) is 13.4. The van der Waals surface area contributed by atoms with Crippen LogP contribution in [-0.2, 0) is 12.8 Å². The molecule has 9 rings (SSSR count). The fourth-order valence-electron chi connectivity index (χ4n) is 9.48. The molecular formula is C57H42F16N4O11. The smallest absolute Gasteiger partial charge is 0.204 e. The lowest BCUT2D eigenvalue weighted by molar-refractivity contribution is 0.0504. The van der Waals surface area contributed by atoms with E-state index in [1.165, 1.54) is 0 Å². The molecular weight excluding hydrogens is 1220 g/mol. The van der Waals surface area contributed by atoms with E-state index in [1.54, 1.807) is 0 Å². The molecule has 4 atom stereocenters. The number of nitrogens with zero attached hydrogens (tertiary/aromatic N) is 2. The Morgan fingerprint density at radius 1 is 0.364 bits per heavy atom. The molecule has 88 heavy (non-hydrogen) atoms. The van der Waals surface area contributed by atoms with Gasteiger partial charge in [-0.3, -0.25) is 4.98 Å². The first-order chi connectivity index (χ1) is 41.8. The van der Waals surface area contributed by atoms with Crippen LogP contribution in [0.2, 0.25) is 0 Å². The van der Waals surface area contributed by atoms with Gasteiger partial charge in [-0.15, -0.1) is 0 Å². The molecule has 0 radical (unpaired) electrons. The third-order valence-corrected chi connectivity index (χ3v) is 13.5. The molecule has 8 bridgehead atoms. The number of benzene rings is 4. The first kappa shape index (κ1) is 64.0. The number of ether oxygens (including phenoxy) is 4. The van der Waals surface area contributed by atoms with E-state index < -0.39 is 295 Å². The van der Waals surface area contributed by atoms with Crippen LogP contribution in [0.5, 0.6) is 23.0 Å². The van der Waals surface area contributed by atoms with Gasteiger partial charge in [-0.05, 0) is 62.6 Å². The number of nitrogens with one attached hydrogen (secondary N) is 2. The van der Waals surface area contributed by atoms with Crippen LogP contribution < -0.4 is 18.9 Å². The third kappa shape index (κ3) is 11.5. The number of hydrogen-bond donors (Lipinski definition) is 9. The zero-order valence-corrected chi connectivity index (χ0v) is 44.5. The number of halogens is 16. The molecule has 9 N–H and O–H groups in total. The van der Waals surface area contributed by atoms with Crippen LogP contribution in [-0.4, -0.2) is 126 Å². The van der Waals surface area contributed by atoms with Gasteiger partial charge in [-0.2, -0.15) is 35.1 Å². The number of aryl methyl sites for hydroxylation is 2. The van der Waals surface area contributed by atoms with Crippen molar-refractivity contribution >= 4 is 34.2 Å². The van der Waals surface area contributed by atoms with Crippen molar-refractivity contribution in [2.75, 3.05) is 46.2 Å². The summed E-state index contributed by atoms with van der Waals surface area (Å²) in [5.74, 6) is -44.6. The second-order valence-corrected chi connectivity index (χ2v) is 19.6. The Kier molecular flexibility index (Phi) is 18.7. The Labute approximate surface area is 482 Å². The molecule has 468 valence electrons. The SMILES string of the molecule is CC(O)COc1c(F)c(F)c(-c2c3nc(c(-c4c(F)c(F)c(OCC(O)CO)c(F)c4F)c4ccc([nH]4)c(-c4c(F)c(F)c(OCC(O)CO)c(F)c4F)c4nc(c(-c5c(F)c(F)c(OCC(O)CO)c(F)c5F)c5ccc2[nH]5)C=C4)CCC3)c(F)c1F. The Morgan fingerprint density at radius 2 is 0.614 bits per heavy atom. The fraction of sp³-hybridized carbons (Fsp3) is 0.263. The highest BCUT2D eigenvalue weighted by atomic mass is 19.2. The predicted molar refractivity (Wildman–Crippen MR) is 276 cm³/mol. The summed E-state index contributed by atoms with van der Waals surface area (Å²) in [6.07, 6.45) is -7.48. The normalized spacial score (nSPS) is 13.9. The quantitative estimate of drug-likeness (QED) is 0.0271. The summed E-state index contributed by atoms with van der Waals surface area (Å²) in [5.41, 5.74) is -18.5. The molecule has 4 unspecified atom stereocenters.